The van der Waals surface area contributed by atoms with Crippen molar-refractivity contribution in [3.8, 4) is 11.6 Å². The Labute approximate surface area is 166 Å². The molecular formula is C23H26N2O3. The molecule has 1 saturated heterocycles. The molecule has 2 aromatic rings. The normalized spacial score (nSPS) is 21.2. The monoisotopic (exact) mass is 378 g/mol. The van der Waals surface area contributed by atoms with E-state index in [1.54, 1.807) is 6.20 Å². The fourth-order valence-electron chi connectivity index (χ4n) is 3.91. The summed E-state index contributed by atoms with van der Waals surface area (Å²) in [5, 5.41) is 0. The Bertz CT molecular complexity index is 869. The molecule has 28 heavy (non-hydrogen) atoms. The number of carbonyl (C=O) groups excluding carboxylic acids is 1. The molecule has 5 heteroatoms. The van der Waals surface area contributed by atoms with E-state index in [-0.39, 0.29) is 18.2 Å². The van der Waals surface area contributed by atoms with Gasteiger partial charge in [0.1, 0.15) is 11.4 Å². The summed E-state index contributed by atoms with van der Waals surface area (Å²) in [7, 11) is 0. The fraction of sp³-hybridized carbons (Fsp3) is 0.391. The van der Waals surface area contributed by atoms with Gasteiger partial charge in [0.25, 0.3) is 0 Å². The van der Waals surface area contributed by atoms with E-state index in [2.05, 4.69) is 23.2 Å². The maximum Gasteiger partial charge on any atom is 0.411 e. The number of carbonyl (C=O) groups is 1. The summed E-state index contributed by atoms with van der Waals surface area (Å²) in [6.07, 6.45) is 6.61. The van der Waals surface area contributed by atoms with Crippen molar-refractivity contribution < 1.29 is 14.3 Å². The van der Waals surface area contributed by atoms with Crippen molar-refractivity contribution in [2.45, 2.75) is 57.7 Å². The Morgan fingerprint density at radius 1 is 1.11 bits per heavy atom. The second kappa shape index (κ2) is 7.30. The molecule has 2 unspecified atom stereocenters. The van der Waals surface area contributed by atoms with Crippen LogP contribution in [0.3, 0.4) is 0 Å². The summed E-state index contributed by atoms with van der Waals surface area (Å²) in [6.45, 7) is 5.73. The number of aromatic nitrogens is 1. The number of hydrogen-bond acceptors (Lipinski definition) is 4. The first-order valence-electron chi connectivity index (χ1n) is 9.80. The van der Waals surface area contributed by atoms with Gasteiger partial charge in [-0.05, 0) is 69.4 Å². The van der Waals surface area contributed by atoms with Gasteiger partial charge in [-0.1, -0.05) is 24.3 Å². The lowest BCUT2D eigenvalue weighted by Gasteiger charge is -2.35. The number of fused-ring (bicyclic) bond motifs is 2. The van der Waals surface area contributed by atoms with E-state index in [9.17, 15) is 4.79 Å². The molecule has 1 aromatic heterocycles. The minimum absolute atomic E-state index is 0.119. The van der Waals surface area contributed by atoms with E-state index in [1.165, 1.54) is 11.1 Å². The summed E-state index contributed by atoms with van der Waals surface area (Å²) in [5.74, 6) is 1.34. The quantitative estimate of drug-likeness (QED) is 0.715. The lowest BCUT2D eigenvalue weighted by molar-refractivity contribution is 0.0175. The molecule has 1 aromatic carbocycles. The standard InChI is InChI=1S/C23H26N2O3/c1-23(2,3)28-22(26)25-18-9-10-19(25)15-17(14-18)16-7-11-20(12-8-16)27-21-6-4-5-13-24-21/h4-8,11-14,18-19H,9-10,15H2,1-3H3. The number of nitrogens with zero attached hydrogens (tertiary/aromatic N) is 2. The minimum atomic E-state index is -0.468. The molecule has 0 N–H and O–H groups in total. The summed E-state index contributed by atoms with van der Waals surface area (Å²) < 4.78 is 11.4. The Balaban J connectivity index is 1.47. The number of hydrogen-bond donors (Lipinski definition) is 0. The molecule has 0 radical (unpaired) electrons. The van der Waals surface area contributed by atoms with E-state index < -0.39 is 5.60 Å². The van der Waals surface area contributed by atoms with Gasteiger partial charge in [0.15, 0.2) is 0 Å². The van der Waals surface area contributed by atoms with Crippen LogP contribution >= 0.6 is 0 Å². The molecule has 2 aliphatic heterocycles. The van der Waals surface area contributed by atoms with E-state index in [0.717, 1.165) is 25.0 Å². The van der Waals surface area contributed by atoms with E-state index in [0.29, 0.717) is 5.88 Å². The highest BCUT2D eigenvalue weighted by Gasteiger charge is 2.41. The number of ether oxygens (including phenoxy) is 2. The minimum Gasteiger partial charge on any atom is -0.444 e. The Morgan fingerprint density at radius 2 is 1.89 bits per heavy atom. The largest absolute Gasteiger partial charge is 0.444 e. The van der Waals surface area contributed by atoms with Crippen LogP contribution in [0.1, 0.15) is 45.6 Å². The third-order valence-electron chi connectivity index (χ3n) is 5.09. The molecule has 0 aliphatic carbocycles. The molecule has 146 valence electrons. The van der Waals surface area contributed by atoms with Gasteiger partial charge in [-0.15, -0.1) is 0 Å². The fourth-order valence-corrected chi connectivity index (χ4v) is 3.91. The van der Waals surface area contributed by atoms with Gasteiger partial charge < -0.3 is 9.47 Å². The number of rotatable bonds is 3. The Hall–Kier alpha value is -2.82. The number of amides is 1. The second-order valence-corrected chi connectivity index (χ2v) is 8.38. The summed E-state index contributed by atoms with van der Waals surface area (Å²) in [5.41, 5.74) is 2.00. The first-order valence-corrected chi connectivity index (χ1v) is 9.80. The van der Waals surface area contributed by atoms with Crippen LogP contribution < -0.4 is 4.74 Å². The topological polar surface area (TPSA) is 51.7 Å². The molecule has 2 atom stereocenters. The van der Waals surface area contributed by atoms with Gasteiger partial charge in [-0.25, -0.2) is 9.78 Å². The van der Waals surface area contributed by atoms with Crippen LogP contribution in [0, 0.1) is 0 Å². The average Bonchev–Trinajstić information content (AvgIpc) is 2.92. The predicted molar refractivity (Wildman–Crippen MR) is 108 cm³/mol. The van der Waals surface area contributed by atoms with Crippen LogP contribution in [0.2, 0.25) is 0 Å². The molecule has 1 amide bonds. The third kappa shape index (κ3) is 4.03. The van der Waals surface area contributed by atoms with Crippen LogP contribution in [-0.4, -0.2) is 33.7 Å². The van der Waals surface area contributed by atoms with Crippen molar-refractivity contribution in [2.75, 3.05) is 0 Å². The van der Waals surface area contributed by atoms with Crippen LogP contribution in [0.25, 0.3) is 5.57 Å². The zero-order valence-electron chi connectivity index (χ0n) is 16.6. The van der Waals surface area contributed by atoms with Crippen LogP contribution in [0.15, 0.2) is 54.7 Å². The molecule has 5 nitrogen and oxygen atoms in total. The predicted octanol–water partition coefficient (Wildman–Crippen LogP) is 5.43. The smallest absolute Gasteiger partial charge is 0.411 e. The molecule has 0 saturated carbocycles. The van der Waals surface area contributed by atoms with Gasteiger partial charge >= 0.3 is 6.09 Å². The second-order valence-electron chi connectivity index (χ2n) is 8.38. The van der Waals surface area contributed by atoms with Crippen molar-refractivity contribution in [1.29, 1.82) is 0 Å². The van der Waals surface area contributed by atoms with Gasteiger partial charge in [0.2, 0.25) is 5.88 Å². The summed E-state index contributed by atoms with van der Waals surface area (Å²) in [4.78, 5) is 18.7. The van der Waals surface area contributed by atoms with Crippen molar-refractivity contribution in [3.05, 3.63) is 60.3 Å². The molecule has 2 bridgehead atoms. The maximum absolute atomic E-state index is 12.6. The van der Waals surface area contributed by atoms with Gasteiger partial charge in [0.05, 0.1) is 6.04 Å². The number of benzene rings is 1. The van der Waals surface area contributed by atoms with E-state index in [1.807, 2.05) is 56.0 Å². The van der Waals surface area contributed by atoms with Crippen LogP contribution in [0.5, 0.6) is 11.6 Å². The highest BCUT2D eigenvalue weighted by atomic mass is 16.6. The van der Waals surface area contributed by atoms with Gasteiger partial charge in [0, 0.05) is 18.3 Å². The van der Waals surface area contributed by atoms with Crippen molar-refractivity contribution in [1.82, 2.24) is 9.88 Å². The van der Waals surface area contributed by atoms with E-state index in [4.69, 9.17) is 9.47 Å². The zero-order valence-corrected chi connectivity index (χ0v) is 16.6. The summed E-state index contributed by atoms with van der Waals surface area (Å²) in [6, 6.07) is 14.0. The Kier molecular flexibility index (Phi) is 4.84. The number of pyridine rings is 1. The highest BCUT2D eigenvalue weighted by Crippen LogP contribution is 2.39. The molecule has 4 rings (SSSR count). The lowest BCUT2D eigenvalue weighted by Crippen LogP contribution is -2.45. The third-order valence-corrected chi connectivity index (χ3v) is 5.09. The summed E-state index contributed by atoms with van der Waals surface area (Å²) >= 11 is 0. The van der Waals surface area contributed by atoms with Crippen molar-refractivity contribution in [2.24, 2.45) is 0 Å². The van der Waals surface area contributed by atoms with Crippen molar-refractivity contribution >= 4 is 11.7 Å². The Morgan fingerprint density at radius 3 is 2.54 bits per heavy atom. The highest BCUT2D eigenvalue weighted by molar-refractivity contribution is 5.75. The average molecular weight is 378 g/mol. The van der Waals surface area contributed by atoms with Gasteiger partial charge in [-0.3, -0.25) is 4.90 Å². The molecule has 0 spiro atoms. The molecular weight excluding hydrogens is 352 g/mol. The van der Waals surface area contributed by atoms with Crippen molar-refractivity contribution in [3.63, 3.8) is 0 Å². The van der Waals surface area contributed by atoms with Crippen LogP contribution in [0.4, 0.5) is 4.79 Å². The maximum atomic E-state index is 12.6. The lowest BCUT2D eigenvalue weighted by atomic mass is 9.95. The molecule has 2 aliphatic rings. The molecule has 1 fully saturated rings. The first kappa shape index (κ1) is 18.5. The SMILES string of the molecule is CC(C)(C)OC(=O)N1C2C=C(c3ccc(Oc4ccccn4)cc3)CC1CC2. The van der Waals surface area contributed by atoms with Crippen LogP contribution in [-0.2, 0) is 4.74 Å². The zero-order chi connectivity index (χ0) is 19.7. The van der Waals surface area contributed by atoms with E-state index >= 15 is 0 Å². The van der Waals surface area contributed by atoms with Gasteiger partial charge in [-0.2, -0.15) is 0 Å². The first-order chi connectivity index (χ1) is 13.4. The molecule has 3 heterocycles.